The first-order valence-electron chi connectivity index (χ1n) is 5.33. The molecule has 0 unspecified atom stereocenters. The van der Waals surface area contributed by atoms with Crippen LogP contribution in [0.4, 0.5) is 0 Å². The van der Waals surface area contributed by atoms with Crippen LogP contribution in [-0.4, -0.2) is 48.1 Å². The van der Waals surface area contributed by atoms with Crippen LogP contribution in [0.15, 0.2) is 0 Å². The van der Waals surface area contributed by atoms with E-state index in [-0.39, 0.29) is 31.1 Å². The average Bonchev–Trinajstić information content (AvgIpc) is 2.55. The van der Waals surface area contributed by atoms with Crippen molar-refractivity contribution in [3.63, 3.8) is 0 Å². The van der Waals surface area contributed by atoms with E-state index >= 15 is 0 Å². The zero-order valence-electron chi connectivity index (χ0n) is 8.98. The van der Waals surface area contributed by atoms with Gasteiger partial charge in [0.25, 0.3) is 0 Å². The summed E-state index contributed by atoms with van der Waals surface area (Å²) in [5.41, 5.74) is 0. The maximum Gasteiger partial charge on any atom is 0.246 e. The molecule has 1 saturated carbocycles. The second kappa shape index (κ2) is 6.05. The Balaban J connectivity index is 2.25. The second-order valence-electron chi connectivity index (χ2n) is 3.88. The number of amides is 1. The number of ether oxygens (including phenoxy) is 1. The van der Waals surface area contributed by atoms with Gasteiger partial charge in [-0.2, -0.15) is 0 Å². The van der Waals surface area contributed by atoms with Gasteiger partial charge in [0.2, 0.25) is 5.91 Å². The van der Waals surface area contributed by atoms with E-state index in [4.69, 9.17) is 9.84 Å². The quantitative estimate of drug-likeness (QED) is 0.567. The van der Waals surface area contributed by atoms with Crippen molar-refractivity contribution in [2.45, 2.75) is 31.9 Å². The molecule has 0 aromatic heterocycles. The monoisotopic (exact) mass is 217 g/mol. The molecule has 0 spiro atoms. The smallest absolute Gasteiger partial charge is 0.246 e. The molecule has 1 rings (SSSR count). The van der Waals surface area contributed by atoms with Gasteiger partial charge < -0.3 is 20.3 Å². The number of nitrogens with one attached hydrogen (secondary N) is 1. The number of aliphatic hydroxyl groups excluding tert-OH is 2. The van der Waals surface area contributed by atoms with Crippen molar-refractivity contribution in [3.05, 3.63) is 0 Å². The molecule has 0 heterocycles. The largest absolute Gasteiger partial charge is 0.396 e. The van der Waals surface area contributed by atoms with E-state index in [9.17, 15) is 9.90 Å². The first kappa shape index (κ1) is 12.4. The van der Waals surface area contributed by atoms with Crippen LogP contribution in [0, 0.1) is 5.92 Å². The lowest BCUT2D eigenvalue weighted by molar-refractivity contribution is -0.126. The summed E-state index contributed by atoms with van der Waals surface area (Å²) in [6.07, 6.45) is 0.644. The van der Waals surface area contributed by atoms with Crippen LogP contribution < -0.4 is 5.32 Å². The van der Waals surface area contributed by atoms with Crippen LogP contribution >= 0.6 is 0 Å². The van der Waals surface area contributed by atoms with E-state index in [2.05, 4.69) is 5.32 Å². The Morgan fingerprint density at radius 1 is 1.53 bits per heavy atom. The second-order valence-corrected chi connectivity index (χ2v) is 3.88. The van der Waals surface area contributed by atoms with Gasteiger partial charge in [0.15, 0.2) is 0 Å². The standard InChI is InChI=1S/C10H19NO4/c1-2-15-6-10(14)11-8-3-7(5-12)9(13)4-8/h7-9,12-13H,2-6H2,1H3,(H,11,14)/t7-,8+,9+/m0/s1. The summed E-state index contributed by atoms with van der Waals surface area (Å²) in [5, 5.41) is 21.2. The Morgan fingerprint density at radius 3 is 2.80 bits per heavy atom. The van der Waals surface area contributed by atoms with Gasteiger partial charge in [0.1, 0.15) is 6.61 Å². The zero-order valence-corrected chi connectivity index (χ0v) is 8.98. The minimum Gasteiger partial charge on any atom is -0.396 e. The number of carbonyl (C=O) groups excluding carboxylic acids is 1. The highest BCUT2D eigenvalue weighted by molar-refractivity contribution is 5.77. The highest BCUT2D eigenvalue weighted by atomic mass is 16.5. The Labute approximate surface area is 89.4 Å². The molecule has 88 valence electrons. The maximum atomic E-state index is 11.3. The summed E-state index contributed by atoms with van der Waals surface area (Å²) in [7, 11) is 0. The molecule has 0 aliphatic heterocycles. The van der Waals surface area contributed by atoms with Crippen LogP contribution in [-0.2, 0) is 9.53 Å². The van der Waals surface area contributed by atoms with Gasteiger partial charge in [-0.15, -0.1) is 0 Å². The number of rotatable bonds is 5. The fraction of sp³-hybridized carbons (Fsp3) is 0.900. The lowest BCUT2D eigenvalue weighted by atomic mass is 10.1. The predicted molar refractivity (Wildman–Crippen MR) is 54.2 cm³/mol. The molecule has 3 N–H and O–H groups in total. The topological polar surface area (TPSA) is 78.8 Å². The molecule has 5 heteroatoms. The van der Waals surface area contributed by atoms with E-state index in [1.54, 1.807) is 0 Å². The van der Waals surface area contributed by atoms with Crippen LogP contribution in [0.25, 0.3) is 0 Å². The van der Waals surface area contributed by atoms with Crippen LogP contribution in [0.1, 0.15) is 19.8 Å². The number of carbonyl (C=O) groups is 1. The van der Waals surface area contributed by atoms with Gasteiger partial charge in [-0.25, -0.2) is 0 Å². The number of hydrogen-bond acceptors (Lipinski definition) is 4. The third kappa shape index (κ3) is 3.77. The summed E-state index contributed by atoms with van der Waals surface area (Å²) in [5.74, 6) is -0.268. The summed E-state index contributed by atoms with van der Waals surface area (Å²) in [4.78, 5) is 11.3. The summed E-state index contributed by atoms with van der Waals surface area (Å²) in [6, 6.07) is -0.0369. The van der Waals surface area contributed by atoms with Crippen LogP contribution in [0.5, 0.6) is 0 Å². The highest BCUT2D eigenvalue weighted by Gasteiger charge is 2.32. The molecular weight excluding hydrogens is 198 g/mol. The van der Waals surface area contributed by atoms with Crippen molar-refractivity contribution < 1.29 is 19.7 Å². The molecule has 0 radical (unpaired) electrons. The van der Waals surface area contributed by atoms with Crippen molar-refractivity contribution in [1.82, 2.24) is 5.32 Å². The molecular formula is C10H19NO4. The zero-order chi connectivity index (χ0) is 11.3. The first-order valence-corrected chi connectivity index (χ1v) is 5.33. The molecule has 5 nitrogen and oxygen atoms in total. The molecule has 1 fully saturated rings. The molecule has 3 atom stereocenters. The van der Waals surface area contributed by atoms with Crippen molar-refractivity contribution in [3.8, 4) is 0 Å². The third-order valence-electron chi connectivity index (χ3n) is 2.69. The van der Waals surface area contributed by atoms with E-state index in [0.717, 1.165) is 0 Å². The number of aliphatic hydroxyl groups is 2. The Morgan fingerprint density at radius 2 is 2.27 bits per heavy atom. The Bertz CT molecular complexity index is 210. The van der Waals surface area contributed by atoms with Gasteiger partial charge in [-0.1, -0.05) is 0 Å². The summed E-state index contributed by atoms with van der Waals surface area (Å²) >= 11 is 0. The van der Waals surface area contributed by atoms with Gasteiger partial charge >= 0.3 is 0 Å². The molecule has 0 saturated heterocycles. The van der Waals surface area contributed by atoms with Gasteiger partial charge in [0.05, 0.1) is 6.10 Å². The van der Waals surface area contributed by atoms with Crippen molar-refractivity contribution in [1.29, 1.82) is 0 Å². The number of hydrogen-bond donors (Lipinski definition) is 3. The summed E-state index contributed by atoms with van der Waals surface area (Å²) < 4.78 is 4.96. The molecule has 1 aliphatic rings. The van der Waals surface area contributed by atoms with Gasteiger partial charge in [-0.3, -0.25) is 4.79 Å². The Kier molecular flexibility index (Phi) is 5.01. The lowest BCUT2D eigenvalue weighted by Crippen LogP contribution is -2.36. The van der Waals surface area contributed by atoms with Crippen molar-refractivity contribution in [2.24, 2.45) is 5.92 Å². The van der Waals surface area contributed by atoms with E-state index in [1.807, 2.05) is 6.92 Å². The lowest BCUT2D eigenvalue weighted by Gasteiger charge is -2.12. The van der Waals surface area contributed by atoms with E-state index in [1.165, 1.54) is 0 Å². The maximum absolute atomic E-state index is 11.3. The molecule has 0 bridgehead atoms. The average molecular weight is 217 g/mol. The summed E-state index contributed by atoms with van der Waals surface area (Å²) in [6.45, 7) is 2.38. The molecule has 1 amide bonds. The third-order valence-corrected chi connectivity index (χ3v) is 2.69. The van der Waals surface area contributed by atoms with Crippen LogP contribution in [0.3, 0.4) is 0 Å². The minimum absolute atomic E-state index is 0.0288. The van der Waals surface area contributed by atoms with E-state index < -0.39 is 6.10 Å². The predicted octanol–water partition coefficient (Wildman–Crippen LogP) is -0.729. The Hall–Kier alpha value is -0.650. The fourth-order valence-corrected chi connectivity index (χ4v) is 1.88. The highest BCUT2D eigenvalue weighted by Crippen LogP contribution is 2.25. The molecule has 0 aromatic carbocycles. The normalized spacial score (nSPS) is 30.5. The fourth-order valence-electron chi connectivity index (χ4n) is 1.88. The van der Waals surface area contributed by atoms with Crippen molar-refractivity contribution >= 4 is 5.91 Å². The SMILES string of the molecule is CCOCC(=O)N[C@@H]1C[C@@H](CO)[C@H](O)C1. The first-order chi connectivity index (χ1) is 7.17. The minimum atomic E-state index is -0.507. The van der Waals surface area contributed by atoms with Crippen LogP contribution in [0.2, 0.25) is 0 Å². The molecule has 0 aromatic rings. The van der Waals surface area contributed by atoms with Gasteiger partial charge in [-0.05, 0) is 19.8 Å². The van der Waals surface area contributed by atoms with Gasteiger partial charge in [0, 0.05) is 25.2 Å². The van der Waals surface area contributed by atoms with Crippen molar-refractivity contribution in [2.75, 3.05) is 19.8 Å². The molecule has 1 aliphatic carbocycles. The molecule has 15 heavy (non-hydrogen) atoms. The van der Waals surface area contributed by atoms with E-state index in [0.29, 0.717) is 19.4 Å².